The van der Waals surface area contributed by atoms with Gasteiger partial charge in [-0.2, -0.15) is 0 Å². The molecule has 0 saturated carbocycles. The molecule has 94 valence electrons. The zero-order valence-electron chi connectivity index (χ0n) is 9.20. The molecule has 0 amide bonds. The van der Waals surface area contributed by atoms with Crippen LogP contribution in [0.4, 0.5) is 8.78 Å². The molecule has 0 aliphatic heterocycles. The Morgan fingerprint density at radius 3 is 2.71 bits per heavy atom. The van der Waals surface area contributed by atoms with Crippen LogP contribution in [0.5, 0.6) is 0 Å². The molecule has 0 heterocycles. The highest BCUT2D eigenvalue weighted by Gasteiger charge is 2.02. The molecule has 0 spiro atoms. The van der Waals surface area contributed by atoms with Crippen LogP contribution in [0.2, 0.25) is 0 Å². The van der Waals surface area contributed by atoms with E-state index in [2.05, 4.69) is 5.16 Å². The summed E-state index contributed by atoms with van der Waals surface area (Å²) in [5.41, 5.74) is 5.30. The number of rotatable bonds is 6. The number of hydrogen-bond acceptors (Lipinski definition) is 3. The second-order valence-electron chi connectivity index (χ2n) is 3.47. The first-order chi connectivity index (χ1) is 8.13. The third-order valence-corrected chi connectivity index (χ3v) is 3.20. The number of hydrogen-bond donors (Lipinski definition) is 2. The first-order valence-electron chi connectivity index (χ1n) is 5.17. The number of unbranched alkanes of at least 4 members (excludes halogenated alkanes) is 1. The number of thioether (sulfide) groups is 1. The fraction of sp³-hybridized carbons (Fsp3) is 0.364. The van der Waals surface area contributed by atoms with Crippen molar-refractivity contribution in [3.05, 3.63) is 29.8 Å². The summed E-state index contributed by atoms with van der Waals surface area (Å²) in [4.78, 5) is 0.702. The standard InChI is InChI=1S/C11H14F2N2OS/c12-9-5-4-8(7-10(9)13)17-6-2-1-3-11(14)15-16/h4-5,7,16H,1-3,6H2,(H2,14,15). The van der Waals surface area contributed by atoms with Crippen molar-refractivity contribution in [1.82, 2.24) is 0 Å². The van der Waals surface area contributed by atoms with E-state index in [0.29, 0.717) is 11.3 Å². The molecule has 0 saturated heterocycles. The Morgan fingerprint density at radius 2 is 2.06 bits per heavy atom. The third kappa shape index (κ3) is 5.04. The van der Waals surface area contributed by atoms with Crippen LogP contribution < -0.4 is 5.73 Å². The molecular formula is C11H14F2N2OS. The van der Waals surface area contributed by atoms with E-state index in [1.165, 1.54) is 17.8 Å². The molecule has 0 fully saturated rings. The zero-order valence-corrected chi connectivity index (χ0v) is 10.0. The first kappa shape index (κ1) is 13.8. The van der Waals surface area contributed by atoms with E-state index in [9.17, 15) is 8.78 Å². The minimum atomic E-state index is -0.832. The van der Waals surface area contributed by atoms with Gasteiger partial charge in [0.05, 0.1) is 0 Å². The minimum absolute atomic E-state index is 0.211. The van der Waals surface area contributed by atoms with Crippen LogP contribution in [0.1, 0.15) is 19.3 Å². The summed E-state index contributed by atoms with van der Waals surface area (Å²) in [5, 5.41) is 11.2. The van der Waals surface area contributed by atoms with E-state index in [-0.39, 0.29) is 5.84 Å². The topological polar surface area (TPSA) is 58.6 Å². The van der Waals surface area contributed by atoms with Gasteiger partial charge in [0.25, 0.3) is 0 Å². The third-order valence-electron chi connectivity index (χ3n) is 2.12. The van der Waals surface area contributed by atoms with Gasteiger partial charge in [0.2, 0.25) is 0 Å². The van der Waals surface area contributed by atoms with Crippen LogP contribution in [0, 0.1) is 11.6 Å². The Balaban J connectivity index is 2.24. The highest BCUT2D eigenvalue weighted by Crippen LogP contribution is 2.21. The van der Waals surface area contributed by atoms with Crippen LogP contribution in [-0.4, -0.2) is 16.8 Å². The molecule has 0 aromatic heterocycles. The maximum absolute atomic E-state index is 12.9. The van der Waals surface area contributed by atoms with Gasteiger partial charge in [0, 0.05) is 11.3 Å². The van der Waals surface area contributed by atoms with Gasteiger partial charge in [-0.15, -0.1) is 11.8 Å². The van der Waals surface area contributed by atoms with Gasteiger partial charge < -0.3 is 10.9 Å². The predicted molar refractivity (Wildman–Crippen MR) is 64.3 cm³/mol. The van der Waals surface area contributed by atoms with Gasteiger partial charge in [0.15, 0.2) is 11.6 Å². The smallest absolute Gasteiger partial charge is 0.159 e. The lowest BCUT2D eigenvalue weighted by molar-refractivity contribution is 0.316. The van der Waals surface area contributed by atoms with Crippen molar-refractivity contribution in [3.8, 4) is 0 Å². The number of oxime groups is 1. The molecule has 1 aromatic carbocycles. The number of amidine groups is 1. The molecule has 0 aliphatic rings. The van der Waals surface area contributed by atoms with E-state index in [0.717, 1.165) is 24.7 Å². The monoisotopic (exact) mass is 260 g/mol. The predicted octanol–water partition coefficient (Wildman–Crippen LogP) is 2.97. The van der Waals surface area contributed by atoms with Crippen LogP contribution >= 0.6 is 11.8 Å². The van der Waals surface area contributed by atoms with Crippen LogP contribution in [0.25, 0.3) is 0 Å². The molecule has 0 unspecified atom stereocenters. The number of benzene rings is 1. The average molecular weight is 260 g/mol. The average Bonchev–Trinajstić information content (AvgIpc) is 2.33. The molecule has 0 bridgehead atoms. The Hall–Kier alpha value is -1.30. The first-order valence-corrected chi connectivity index (χ1v) is 6.16. The van der Waals surface area contributed by atoms with E-state index in [4.69, 9.17) is 10.9 Å². The van der Waals surface area contributed by atoms with Gasteiger partial charge in [-0.05, 0) is 36.8 Å². The Bertz CT molecular complexity index is 399. The fourth-order valence-electron chi connectivity index (χ4n) is 1.21. The van der Waals surface area contributed by atoms with E-state index in [1.807, 2.05) is 0 Å². The minimum Gasteiger partial charge on any atom is -0.409 e. The lowest BCUT2D eigenvalue weighted by atomic mass is 10.2. The second kappa shape index (κ2) is 7.11. The maximum Gasteiger partial charge on any atom is 0.159 e. The zero-order chi connectivity index (χ0) is 12.7. The highest BCUT2D eigenvalue weighted by atomic mass is 32.2. The lowest BCUT2D eigenvalue weighted by Gasteiger charge is -2.02. The molecule has 3 nitrogen and oxygen atoms in total. The molecule has 0 aliphatic carbocycles. The lowest BCUT2D eigenvalue weighted by Crippen LogP contribution is -2.10. The van der Waals surface area contributed by atoms with Crippen LogP contribution in [-0.2, 0) is 0 Å². The van der Waals surface area contributed by atoms with Crippen LogP contribution in [0.3, 0.4) is 0 Å². The fourth-order valence-corrected chi connectivity index (χ4v) is 2.15. The number of halogens is 2. The van der Waals surface area contributed by atoms with Crippen molar-refractivity contribution in [3.63, 3.8) is 0 Å². The van der Waals surface area contributed by atoms with E-state index < -0.39 is 11.6 Å². The van der Waals surface area contributed by atoms with Crippen molar-refractivity contribution >= 4 is 17.6 Å². The van der Waals surface area contributed by atoms with E-state index in [1.54, 1.807) is 6.07 Å². The summed E-state index contributed by atoms with van der Waals surface area (Å²) in [6.07, 6.45) is 2.20. The van der Waals surface area contributed by atoms with Crippen molar-refractivity contribution in [2.75, 3.05) is 5.75 Å². The highest BCUT2D eigenvalue weighted by molar-refractivity contribution is 7.99. The largest absolute Gasteiger partial charge is 0.409 e. The Labute approximate surface area is 103 Å². The summed E-state index contributed by atoms with van der Waals surface area (Å²) in [5.74, 6) is -0.667. The summed E-state index contributed by atoms with van der Waals surface area (Å²) >= 11 is 1.45. The number of nitrogens with zero attached hydrogens (tertiary/aromatic N) is 1. The summed E-state index contributed by atoms with van der Waals surface area (Å²) < 4.78 is 25.5. The van der Waals surface area contributed by atoms with Gasteiger partial charge in [-0.1, -0.05) is 5.16 Å². The summed E-state index contributed by atoms with van der Waals surface area (Å²) in [6.45, 7) is 0. The van der Waals surface area contributed by atoms with Crippen molar-refractivity contribution in [1.29, 1.82) is 0 Å². The SMILES string of the molecule is NC(CCCCSc1ccc(F)c(F)c1)=NO. The van der Waals surface area contributed by atoms with Crippen molar-refractivity contribution in [2.24, 2.45) is 10.9 Å². The molecule has 3 N–H and O–H groups in total. The van der Waals surface area contributed by atoms with E-state index >= 15 is 0 Å². The molecule has 1 aromatic rings. The second-order valence-corrected chi connectivity index (χ2v) is 4.64. The Kier molecular flexibility index (Phi) is 5.76. The molecule has 1 rings (SSSR count). The Morgan fingerprint density at radius 1 is 1.29 bits per heavy atom. The molecule has 6 heteroatoms. The van der Waals surface area contributed by atoms with Crippen molar-refractivity contribution in [2.45, 2.75) is 24.2 Å². The number of nitrogens with two attached hydrogens (primary N) is 1. The van der Waals surface area contributed by atoms with Crippen molar-refractivity contribution < 1.29 is 14.0 Å². The van der Waals surface area contributed by atoms with Gasteiger partial charge in [0.1, 0.15) is 5.84 Å². The van der Waals surface area contributed by atoms with Gasteiger partial charge >= 0.3 is 0 Å². The summed E-state index contributed by atoms with van der Waals surface area (Å²) in [6, 6.07) is 3.85. The molecule has 0 radical (unpaired) electrons. The molecule has 0 atom stereocenters. The van der Waals surface area contributed by atoms with Gasteiger partial charge in [-0.3, -0.25) is 0 Å². The normalized spacial score (nSPS) is 11.8. The van der Waals surface area contributed by atoms with Crippen LogP contribution in [0.15, 0.2) is 28.3 Å². The summed E-state index contributed by atoms with van der Waals surface area (Å²) in [7, 11) is 0. The molecule has 17 heavy (non-hydrogen) atoms. The quantitative estimate of drug-likeness (QED) is 0.206. The molecular weight excluding hydrogens is 246 g/mol. The maximum atomic E-state index is 12.9. The van der Waals surface area contributed by atoms with Gasteiger partial charge in [-0.25, -0.2) is 8.78 Å².